The number of carbonyl (C=O) groups excluding carboxylic acids is 2. The number of aryl methyl sites for hydroxylation is 1. The minimum absolute atomic E-state index is 0.0952. The molecule has 2 aliphatic rings. The van der Waals surface area contributed by atoms with Crippen LogP contribution < -0.4 is 5.32 Å². The molecule has 0 radical (unpaired) electrons. The van der Waals surface area contributed by atoms with Crippen molar-refractivity contribution in [2.75, 3.05) is 51.6 Å². The van der Waals surface area contributed by atoms with Gasteiger partial charge in [0.2, 0.25) is 10.0 Å². The van der Waals surface area contributed by atoms with Gasteiger partial charge in [-0.3, -0.25) is 9.59 Å². The zero-order valence-electron chi connectivity index (χ0n) is 19.1. The molecule has 0 aromatic heterocycles. The Morgan fingerprint density at radius 3 is 2.27 bits per heavy atom. The predicted molar refractivity (Wildman–Crippen MR) is 127 cm³/mol. The number of amides is 2. The predicted octanol–water partition coefficient (Wildman–Crippen LogP) is 2.42. The van der Waals surface area contributed by atoms with Crippen LogP contribution in [0.3, 0.4) is 0 Å². The van der Waals surface area contributed by atoms with Gasteiger partial charge in [0.05, 0.1) is 16.1 Å². The van der Waals surface area contributed by atoms with Gasteiger partial charge in [0.25, 0.3) is 11.8 Å². The molecule has 1 N–H and O–H groups in total. The molecule has 176 valence electrons. The van der Waals surface area contributed by atoms with E-state index in [-0.39, 0.29) is 16.4 Å². The van der Waals surface area contributed by atoms with Crippen LogP contribution in [-0.4, -0.2) is 80.7 Å². The van der Waals surface area contributed by atoms with Gasteiger partial charge in [0, 0.05) is 44.8 Å². The van der Waals surface area contributed by atoms with Crippen LogP contribution in [-0.2, 0) is 10.0 Å². The Hall–Kier alpha value is -2.75. The maximum Gasteiger partial charge on any atom is 0.255 e. The number of piperazine rings is 1. The molecular formula is C24H30N4O4S. The van der Waals surface area contributed by atoms with Crippen LogP contribution in [0.1, 0.15) is 39.1 Å². The summed E-state index contributed by atoms with van der Waals surface area (Å²) in [7, 11) is -1.73. The van der Waals surface area contributed by atoms with E-state index < -0.39 is 15.9 Å². The Labute approximate surface area is 195 Å². The molecule has 2 aromatic carbocycles. The molecule has 0 bridgehead atoms. The number of nitrogens with one attached hydrogen (secondary N) is 1. The third-order valence-electron chi connectivity index (χ3n) is 6.33. The molecule has 0 spiro atoms. The van der Waals surface area contributed by atoms with E-state index in [2.05, 4.69) is 10.2 Å². The van der Waals surface area contributed by atoms with Gasteiger partial charge in [-0.2, -0.15) is 4.31 Å². The van der Waals surface area contributed by atoms with Gasteiger partial charge in [0.1, 0.15) is 0 Å². The van der Waals surface area contributed by atoms with Crippen molar-refractivity contribution in [1.82, 2.24) is 14.1 Å². The monoisotopic (exact) mass is 470 g/mol. The van der Waals surface area contributed by atoms with E-state index in [1.807, 2.05) is 20.0 Å². The number of sulfonamides is 1. The fraction of sp³-hybridized carbons (Fsp3) is 0.417. The second kappa shape index (κ2) is 9.62. The maximum atomic E-state index is 13.1. The molecule has 0 aliphatic carbocycles. The van der Waals surface area contributed by atoms with Crippen molar-refractivity contribution >= 4 is 27.5 Å². The summed E-state index contributed by atoms with van der Waals surface area (Å²) in [5, 5.41) is 2.86. The van der Waals surface area contributed by atoms with E-state index >= 15 is 0 Å². The van der Waals surface area contributed by atoms with Crippen LogP contribution >= 0.6 is 0 Å². The van der Waals surface area contributed by atoms with Gasteiger partial charge in [-0.05, 0) is 56.6 Å². The Kier molecular flexibility index (Phi) is 6.83. The SMILES string of the molecule is Cc1cccc(C(=O)N2CCCC2)c1NC(=O)c1cccc(S(=O)(=O)N2CCN(C)CC2)c1. The van der Waals surface area contributed by atoms with Crippen LogP contribution in [0.15, 0.2) is 47.4 Å². The number of para-hydroxylation sites is 1. The second-order valence-corrected chi connectivity index (χ2v) is 10.6. The van der Waals surface area contributed by atoms with Gasteiger partial charge in [-0.1, -0.05) is 18.2 Å². The summed E-state index contributed by atoms with van der Waals surface area (Å²) in [5.41, 5.74) is 1.92. The molecule has 0 unspecified atom stereocenters. The van der Waals surface area contributed by atoms with Crippen molar-refractivity contribution in [1.29, 1.82) is 0 Å². The van der Waals surface area contributed by atoms with Gasteiger partial charge >= 0.3 is 0 Å². The van der Waals surface area contributed by atoms with Gasteiger partial charge in [0.15, 0.2) is 0 Å². The molecule has 2 amide bonds. The van der Waals surface area contributed by atoms with E-state index in [9.17, 15) is 18.0 Å². The summed E-state index contributed by atoms with van der Waals surface area (Å²) < 4.78 is 27.7. The average Bonchev–Trinajstić information content (AvgIpc) is 3.35. The molecule has 8 nitrogen and oxygen atoms in total. The van der Waals surface area contributed by atoms with Crippen molar-refractivity contribution in [3.63, 3.8) is 0 Å². The van der Waals surface area contributed by atoms with E-state index in [0.717, 1.165) is 18.4 Å². The molecule has 2 heterocycles. The Morgan fingerprint density at radius 2 is 1.58 bits per heavy atom. The first kappa shape index (κ1) is 23.4. The number of nitrogens with zero attached hydrogens (tertiary/aromatic N) is 3. The summed E-state index contributed by atoms with van der Waals surface area (Å²) in [6.07, 6.45) is 1.96. The molecule has 2 fully saturated rings. The smallest absolute Gasteiger partial charge is 0.255 e. The van der Waals surface area contributed by atoms with Crippen molar-refractivity contribution in [2.24, 2.45) is 0 Å². The van der Waals surface area contributed by atoms with Crippen molar-refractivity contribution in [3.05, 3.63) is 59.2 Å². The highest BCUT2D eigenvalue weighted by atomic mass is 32.2. The first-order valence-corrected chi connectivity index (χ1v) is 12.7. The normalized spacial score (nSPS) is 17.8. The first-order valence-electron chi connectivity index (χ1n) is 11.3. The summed E-state index contributed by atoms with van der Waals surface area (Å²) in [6, 6.07) is 11.4. The molecule has 2 aromatic rings. The average molecular weight is 471 g/mol. The van der Waals surface area contributed by atoms with E-state index in [1.165, 1.54) is 16.4 Å². The lowest BCUT2D eigenvalue weighted by Gasteiger charge is -2.31. The molecule has 9 heteroatoms. The van der Waals surface area contributed by atoms with Crippen LogP contribution in [0.25, 0.3) is 0 Å². The molecular weight excluding hydrogens is 440 g/mol. The largest absolute Gasteiger partial charge is 0.339 e. The van der Waals surface area contributed by atoms with E-state index in [0.29, 0.717) is 50.5 Å². The first-order chi connectivity index (χ1) is 15.8. The fourth-order valence-electron chi connectivity index (χ4n) is 4.26. The summed E-state index contributed by atoms with van der Waals surface area (Å²) in [5.74, 6) is -0.548. The maximum absolute atomic E-state index is 13.1. The van der Waals surface area contributed by atoms with E-state index in [1.54, 1.807) is 29.2 Å². The third-order valence-corrected chi connectivity index (χ3v) is 8.23. The minimum atomic E-state index is -3.69. The van der Waals surface area contributed by atoms with Gasteiger partial charge in [-0.15, -0.1) is 0 Å². The summed E-state index contributed by atoms with van der Waals surface area (Å²) in [4.78, 5) is 30.1. The number of likely N-dealkylation sites (N-methyl/N-ethyl adjacent to an activating group) is 1. The Morgan fingerprint density at radius 1 is 0.909 bits per heavy atom. The van der Waals surface area contributed by atoms with Crippen LogP contribution in [0.5, 0.6) is 0 Å². The highest BCUT2D eigenvalue weighted by molar-refractivity contribution is 7.89. The number of hydrogen-bond acceptors (Lipinski definition) is 5. The quantitative estimate of drug-likeness (QED) is 0.725. The molecule has 33 heavy (non-hydrogen) atoms. The molecule has 0 saturated carbocycles. The van der Waals surface area contributed by atoms with Crippen molar-refractivity contribution < 1.29 is 18.0 Å². The molecule has 2 saturated heterocycles. The summed E-state index contributed by atoms with van der Waals surface area (Å²) in [6.45, 7) is 5.44. The van der Waals surface area contributed by atoms with Crippen LogP contribution in [0, 0.1) is 6.92 Å². The Balaban J connectivity index is 1.57. The zero-order chi connectivity index (χ0) is 23.6. The second-order valence-electron chi connectivity index (χ2n) is 8.69. The lowest BCUT2D eigenvalue weighted by molar-refractivity contribution is 0.0793. The van der Waals surface area contributed by atoms with Crippen LogP contribution in [0.4, 0.5) is 5.69 Å². The highest BCUT2D eigenvalue weighted by Crippen LogP contribution is 2.25. The van der Waals surface area contributed by atoms with Crippen molar-refractivity contribution in [3.8, 4) is 0 Å². The van der Waals surface area contributed by atoms with Crippen LogP contribution in [0.2, 0.25) is 0 Å². The lowest BCUT2D eigenvalue weighted by atomic mass is 10.1. The van der Waals surface area contributed by atoms with E-state index in [4.69, 9.17) is 0 Å². The number of benzene rings is 2. The number of likely N-dealkylation sites (tertiary alicyclic amines) is 1. The number of carbonyl (C=O) groups is 2. The minimum Gasteiger partial charge on any atom is -0.339 e. The Bertz CT molecular complexity index is 1150. The number of rotatable bonds is 5. The number of anilines is 1. The van der Waals surface area contributed by atoms with Crippen molar-refractivity contribution in [2.45, 2.75) is 24.7 Å². The lowest BCUT2D eigenvalue weighted by Crippen LogP contribution is -2.47. The fourth-order valence-corrected chi connectivity index (χ4v) is 5.73. The summed E-state index contributed by atoms with van der Waals surface area (Å²) >= 11 is 0. The molecule has 4 rings (SSSR count). The standard InChI is InChI=1S/C24H30N4O4S/c1-18-7-5-10-21(24(30)27-11-3-4-12-27)22(18)25-23(29)19-8-6-9-20(17-19)33(31,32)28-15-13-26(2)14-16-28/h5-10,17H,3-4,11-16H2,1-2H3,(H,25,29). The third kappa shape index (κ3) is 4.95. The molecule has 0 atom stereocenters. The zero-order valence-corrected chi connectivity index (χ0v) is 19.9. The number of hydrogen-bond donors (Lipinski definition) is 1. The topological polar surface area (TPSA) is 90.0 Å². The van der Waals surface area contributed by atoms with Gasteiger partial charge in [-0.25, -0.2) is 8.42 Å². The van der Waals surface area contributed by atoms with Gasteiger partial charge < -0.3 is 15.1 Å². The molecule has 2 aliphatic heterocycles. The highest BCUT2D eigenvalue weighted by Gasteiger charge is 2.28.